The highest BCUT2D eigenvalue weighted by atomic mass is 16.3. The van der Waals surface area contributed by atoms with E-state index in [-0.39, 0.29) is 6.10 Å². The van der Waals surface area contributed by atoms with Gasteiger partial charge in [0, 0.05) is 0 Å². The molecule has 0 spiro atoms. The van der Waals surface area contributed by atoms with Gasteiger partial charge in [0.2, 0.25) is 0 Å². The lowest BCUT2D eigenvalue weighted by molar-refractivity contribution is -0.0540. The lowest BCUT2D eigenvalue weighted by Crippen LogP contribution is -2.50. The summed E-state index contributed by atoms with van der Waals surface area (Å²) < 4.78 is 0. The number of hydrogen-bond donors (Lipinski definition) is 1. The van der Waals surface area contributed by atoms with Crippen molar-refractivity contribution in [2.45, 2.75) is 85.2 Å². The average Bonchev–Trinajstić information content (AvgIpc) is 2.93. The number of aliphatic hydroxyl groups is 1. The molecule has 0 bridgehead atoms. The van der Waals surface area contributed by atoms with Crippen LogP contribution in [-0.2, 0) is 0 Å². The van der Waals surface area contributed by atoms with Crippen molar-refractivity contribution in [1.82, 2.24) is 0 Å². The van der Waals surface area contributed by atoms with Crippen LogP contribution in [0.25, 0.3) is 0 Å². The Kier molecular flexibility index (Phi) is 4.46. The third kappa shape index (κ3) is 2.59. The lowest BCUT2D eigenvalue weighted by Gasteiger charge is -2.58. The van der Waals surface area contributed by atoms with Crippen LogP contribution < -0.4 is 0 Å². The first-order valence-corrected chi connectivity index (χ1v) is 10.9. The summed E-state index contributed by atoms with van der Waals surface area (Å²) in [6.07, 6.45) is 17.4. The van der Waals surface area contributed by atoms with Crippen molar-refractivity contribution in [3.05, 3.63) is 23.8 Å². The number of rotatable bonds is 2. The van der Waals surface area contributed by atoms with Crippen molar-refractivity contribution in [3.8, 4) is 0 Å². The highest BCUT2D eigenvalue weighted by Gasteiger charge is 2.58. The Bertz CT molecular complexity index is 575. The monoisotopic (exact) mass is 342 g/mol. The summed E-state index contributed by atoms with van der Waals surface area (Å²) in [5, 5.41) is 10.1. The largest absolute Gasteiger partial charge is 0.393 e. The minimum atomic E-state index is -0.0812. The SMILES string of the molecule is CC=C[C@H](C)C1CCC2C3CC=C4C[C@@H](O)CC[C@]4(C)C3CC[C@@]21C. The zero-order chi connectivity index (χ0) is 17.8. The molecule has 0 aromatic carbocycles. The van der Waals surface area contributed by atoms with Gasteiger partial charge in [0.1, 0.15) is 0 Å². The van der Waals surface area contributed by atoms with Crippen molar-refractivity contribution in [2.75, 3.05) is 0 Å². The lowest BCUT2D eigenvalue weighted by atomic mass is 9.47. The van der Waals surface area contributed by atoms with Crippen LogP contribution in [0.3, 0.4) is 0 Å². The van der Waals surface area contributed by atoms with Crippen LogP contribution in [0.2, 0.25) is 0 Å². The third-order valence-corrected chi connectivity index (χ3v) is 9.28. The zero-order valence-corrected chi connectivity index (χ0v) is 16.8. The number of aliphatic hydroxyl groups excluding tert-OH is 1. The predicted molar refractivity (Wildman–Crippen MR) is 105 cm³/mol. The van der Waals surface area contributed by atoms with E-state index in [0.29, 0.717) is 10.8 Å². The van der Waals surface area contributed by atoms with Gasteiger partial charge < -0.3 is 5.11 Å². The molecule has 1 N–H and O–H groups in total. The molecule has 0 saturated heterocycles. The molecular weight excluding hydrogens is 304 g/mol. The molecule has 4 rings (SSSR count). The topological polar surface area (TPSA) is 20.2 Å². The van der Waals surface area contributed by atoms with Crippen LogP contribution in [0.4, 0.5) is 0 Å². The maximum Gasteiger partial charge on any atom is 0.0577 e. The summed E-state index contributed by atoms with van der Waals surface area (Å²) in [6.45, 7) is 9.80. The Morgan fingerprint density at radius 1 is 1.12 bits per heavy atom. The van der Waals surface area contributed by atoms with Gasteiger partial charge in [0.15, 0.2) is 0 Å². The molecule has 8 atom stereocenters. The molecule has 0 aromatic rings. The fourth-order valence-corrected chi connectivity index (χ4v) is 7.98. The predicted octanol–water partition coefficient (Wildman–Crippen LogP) is 6.14. The summed E-state index contributed by atoms with van der Waals surface area (Å²) >= 11 is 0. The van der Waals surface area contributed by atoms with E-state index >= 15 is 0 Å². The molecule has 4 aliphatic carbocycles. The van der Waals surface area contributed by atoms with Crippen molar-refractivity contribution in [3.63, 3.8) is 0 Å². The first-order chi connectivity index (χ1) is 11.9. The van der Waals surface area contributed by atoms with Crippen molar-refractivity contribution >= 4 is 0 Å². The number of allylic oxidation sites excluding steroid dienone is 3. The Hall–Kier alpha value is -0.560. The van der Waals surface area contributed by atoms with Crippen molar-refractivity contribution in [1.29, 1.82) is 0 Å². The first-order valence-electron chi connectivity index (χ1n) is 10.9. The molecule has 1 nitrogen and oxygen atoms in total. The fourth-order valence-electron chi connectivity index (χ4n) is 7.98. The second-order valence-electron chi connectivity index (χ2n) is 10.3. The van der Waals surface area contributed by atoms with E-state index in [9.17, 15) is 5.11 Å². The van der Waals surface area contributed by atoms with Crippen molar-refractivity contribution in [2.24, 2.45) is 40.4 Å². The number of hydrogen-bond acceptors (Lipinski definition) is 1. The first kappa shape index (κ1) is 17.8. The van der Waals surface area contributed by atoms with Gasteiger partial charge in [-0.3, -0.25) is 0 Å². The average molecular weight is 343 g/mol. The highest BCUT2D eigenvalue weighted by molar-refractivity contribution is 5.25. The minimum absolute atomic E-state index is 0.0812. The Balaban J connectivity index is 1.62. The molecule has 3 fully saturated rings. The second-order valence-corrected chi connectivity index (χ2v) is 10.3. The standard InChI is InChI=1S/C24H38O/c1-5-6-16(2)20-9-10-21-19-8-7-17-15-18(25)11-13-23(17,3)22(19)12-14-24(20,21)4/h5-7,16,18-22,25H,8-15H2,1-4H3/t16-,18-,19?,20?,21?,22?,23-,24+/m0/s1. The number of fused-ring (bicyclic) bond motifs is 5. The fraction of sp³-hybridized carbons (Fsp3) is 0.833. The normalized spacial score (nSPS) is 50.8. The van der Waals surface area contributed by atoms with E-state index in [1.165, 1.54) is 38.5 Å². The molecule has 4 unspecified atom stereocenters. The van der Waals surface area contributed by atoms with Gasteiger partial charge in [-0.2, -0.15) is 0 Å². The van der Waals surface area contributed by atoms with E-state index in [2.05, 4.69) is 45.9 Å². The van der Waals surface area contributed by atoms with Crippen LogP contribution in [-0.4, -0.2) is 11.2 Å². The Labute approximate surface area is 155 Å². The molecule has 140 valence electrons. The van der Waals surface area contributed by atoms with Gasteiger partial charge in [-0.25, -0.2) is 0 Å². The molecule has 4 aliphatic rings. The molecule has 0 radical (unpaired) electrons. The van der Waals surface area contributed by atoms with E-state index in [1.807, 2.05) is 0 Å². The van der Waals surface area contributed by atoms with Crippen LogP contribution >= 0.6 is 0 Å². The molecule has 3 saturated carbocycles. The van der Waals surface area contributed by atoms with Gasteiger partial charge >= 0.3 is 0 Å². The Morgan fingerprint density at radius 3 is 2.68 bits per heavy atom. The van der Waals surface area contributed by atoms with Crippen LogP contribution in [0.1, 0.15) is 79.1 Å². The second kappa shape index (κ2) is 6.25. The van der Waals surface area contributed by atoms with Crippen LogP contribution in [0, 0.1) is 40.4 Å². The van der Waals surface area contributed by atoms with Crippen LogP contribution in [0.5, 0.6) is 0 Å². The van der Waals surface area contributed by atoms with Gasteiger partial charge in [-0.15, -0.1) is 0 Å². The maximum absolute atomic E-state index is 10.1. The molecule has 0 amide bonds. The maximum atomic E-state index is 10.1. The smallest absolute Gasteiger partial charge is 0.0577 e. The molecule has 0 aliphatic heterocycles. The summed E-state index contributed by atoms with van der Waals surface area (Å²) in [5.41, 5.74) is 2.54. The molecule has 0 aromatic heterocycles. The highest BCUT2D eigenvalue weighted by Crippen LogP contribution is 2.67. The summed E-state index contributed by atoms with van der Waals surface area (Å²) in [5.74, 6) is 4.29. The molecule has 1 heteroatoms. The Morgan fingerprint density at radius 2 is 1.92 bits per heavy atom. The van der Waals surface area contributed by atoms with E-state index in [4.69, 9.17) is 0 Å². The van der Waals surface area contributed by atoms with Crippen molar-refractivity contribution < 1.29 is 5.11 Å². The molecule has 25 heavy (non-hydrogen) atoms. The van der Waals surface area contributed by atoms with E-state index in [1.54, 1.807) is 5.57 Å². The molecule has 0 heterocycles. The summed E-state index contributed by atoms with van der Waals surface area (Å²) in [4.78, 5) is 0. The third-order valence-electron chi connectivity index (χ3n) is 9.28. The minimum Gasteiger partial charge on any atom is -0.393 e. The molecular formula is C24H38O. The van der Waals surface area contributed by atoms with E-state index < -0.39 is 0 Å². The quantitative estimate of drug-likeness (QED) is 0.598. The van der Waals surface area contributed by atoms with Gasteiger partial charge in [-0.05, 0) is 98.7 Å². The summed E-state index contributed by atoms with van der Waals surface area (Å²) in [7, 11) is 0. The van der Waals surface area contributed by atoms with Crippen LogP contribution in [0.15, 0.2) is 23.8 Å². The van der Waals surface area contributed by atoms with E-state index in [0.717, 1.165) is 42.4 Å². The zero-order valence-electron chi connectivity index (χ0n) is 16.8. The van der Waals surface area contributed by atoms with Gasteiger partial charge in [-0.1, -0.05) is 44.6 Å². The van der Waals surface area contributed by atoms with Gasteiger partial charge in [0.25, 0.3) is 0 Å². The summed E-state index contributed by atoms with van der Waals surface area (Å²) in [6, 6.07) is 0. The van der Waals surface area contributed by atoms with Gasteiger partial charge in [0.05, 0.1) is 6.10 Å².